The summed E-state index contributed by atoms with van der Waals surface area (Å²) in [6.07, 6.45) is 7.87. The molecule has 0 atom stereocenters. The van der Waals surface area contributed by atoms with Crippen LogP contribution in [0.4, 0.5) is 4.79 Å². The van der Waals surface area contributed by atoms with Crippen molar-refractivity contribution in [3.05, 3.63) is 29.2 Å². The van der Waals surface area contributed by atoms with Gasteiger partial charge in [0.25, 0.3) is 0 Å². The first kappa shape index (κ1) is 20.7. The molecule has 8 rings (SSSR count). The van der Waals surface area contributed by atoms with Crippen molar-refractivity contribution in [2.75, 3.05) is 39.3 Å². The van der Waals surface area contributed by atoms with Crippen LogP contribution in [0.25, 0.3) is 0 Å². The number of carbonyl (C=O) groups is 1. The predicted molar refractivity (Wildman–Crippen MR) is 123 cm³/mol. The first-order valence-electron chi connectivity index (χ1n) is 13.2. The van der Waals surface area contributed by atoms with Crippen LogP contribution in [-0.2, 0) is 12.1 Å². The lowest BCUT2D eigenvalue weighted by Gasteiger charge is -2.63. The van der Waals surface area contributed by atoms with Gasteiger partial charge in [-0.2, -0.15) is 5.10 Å². The quantitative estimate of drug-likeness (QED) is 0.700. The van der Waals surface area contributed by atoms with Gasteiger partial charge in [0.15, 0.2) is 5.82 Å². The van der Waals surface area contributed by atoms with E-state index in [4.69, 9.17) is 4.52 Å². The van der Waals surface area contributed by atoms with Gasteiger partial charge in [-0.25, -0.2) is 14.5 Å². The summed E-state index contributed by atoms with van der Waals surface area (Å²) >= 11 is 0. The fourth-order valence-electron chi connectivity index (χ4n) is 7.10. The highest BCUT2D eigenvalue weighted by molar-refractivity contribution is 5.77. The molecule has 2 aromatic heterocycles. The zero-order chi connectivity index (χ0) is 23.6. The molecule has 0 unspecified atom stereocenters. The lowest BCUT2D eigenvalue weighted by molar-refractivity contribution is -0.120. The molecule has 10 nitrogen and oxygen atoms in total. The maximum atomic E-state index is 13.0. The molecule has 0 bridgehead atoms. The van der Waals surface area contributed by atoms with Crippen molar-refractivity contribution >= 4 is 6.03 Å². The Hall–Kier alpha value is -2.46. The Kier molecular flexibility index (Phi) is 3.93. The van der Waals surface area contributed by atoms with Crippen molar-refractivity contribution in [2.24, 2.45) is 10.8 Å². The number of hydrogen-bond acceptors (Lipinski definition) is 7. The molecular formula is C25H33N7O3. The lowest BCUT2D eigenvalue weighted by atomic mass is 9.60. The summed E-state index contributed by atoms with van der Waals surface area (Å²) < 4.78 is 7.41. The fraction of sp³-hybridized carbons (Fsp3) is 0.760. The van der Waals surface area contributed by atoms with Gasteiger partial charge < -0.3 is 19.4 Å². The minimum Gasteiger partial charge on any atom is -0.382 e. The third-order valence-electron chi connectivity index (χ3n) is 9.48. The van der Waals surface area contributed by atoms with Crippen LogP contribution in [0.2, 0.25) is 0 Å². The number of hydrogen-bond donors (Lipinski definition) is 1. The van der Waals surface area contributed by atoms with E-state index in [1.807, 2.05) is 21.4 Å². The van der Waals surface area contributed by atoms with E-state index >= 15 is 0 Å². The second-order valence-electron chi connectivity index (χ2n) is 12.7. The minimum absolute atomic E-state index is 0.216. The van der Waals surface area contributed by atoms with E-state index in [1.54, 1.807) is 6.33 Å². The molecule has 0 radical (unpaired) electrons. The molecule has 5 heterocycles. The molecule has 3 saturated heterocycles. The molecule has 10 heteroatoms. The number of aliphatic hydroxyl groups is 1. The van der Waals surface area contributed by atoms with Gasteiger partial charge in [0.05, 0.1) is 11.7 Å². The molecule has 1 N–H and O–H groups in total. The number of aromatic nitrogens is 4. The van der Waals surface area contributed by atoms with Crippen LogP contribution in [0.5, 0.6) is 0 Å². The lowest BCUT2D eigenvalue weighted by Crippen LogP contribution is -2.75. The molecule has 2 spiro atoms. The topological polar surface area (TPSA) is 104 Å². The van der Waals surface area contributed by atoms with E-state index in [1.165, 1.54) is 24.1 Å². The summed E-state index contributed by atoms with van der Waals surface area (Å²) in [6.45, 7) is 8.57. The van der Waals surface area contributed by atoms with E-state index in [0.29, 0.717) is 23.2 Å². The average Bonchev–Trinajstić information content (AvgIpc) is 3.62. The van der Waals surface area contributed by atoms with Crippen molar-refractivity contribution in [1.82, 2.24) is 34.6 Å². The van der Waals surface area contributed by atoms with Gasteiger partial charge in [0.2, 0.25) is 0 Å². The highest BCUT2D eigenvalue weighted by Crippen LogP contribution is 2.55. The Labute approximate surface area is 204 Å². The third-order valence-corrected chi connectivity index (χ3v) is 9.48. The Morgan fingerprint density at radius 3 is 2.43 bits per heavy atom. The summed E-state index contributed by atoms with van der Waals surface area (Å²) in [5.41, 5.74) is 2.26. The summed E-state index contributed by atoms with van der Waals surface area (Å²) in [5.74, 6) is 2.15. The van der Waals surface area contributed by atoms with Crippen LogP contribution in [0, 0.1) is 17.8 Å². The zero-order valence-corrected chi connectivity index (χ0v) is 20.3. The van der Waals surface area contributed by atoms with Gasteiger partial charge in [-0.3, -0.25) is 4.90 Å². The van der Waals surface area contributed by atoms with Gasteiger partial charge in [0.1, 0.15) is 17.7 Å². The highest BCUT2D eigenvalue weighted by Gasteiger charge is 2.58. The van der Waals surface area contributed by atoms with E-state index in [2.05, 4.69) is 20.1 Å². The Bertz CT molecular complexity index is 1180. The molecule has 3 aliphatic heterocycles. The first-order chi connectivity index (χ1) is 16.8. The van der Waals surface area contributed by atoms with Gasteiger partial charge in [-0.1, -0.05) is 5.16 Å². The average molecular weight is 480 g/mol. The van der Waals surface area contributed by atoms with Crippen molar-refractivity contribution in [2.45, 2.75) is 69.6 Å². The Morgan fingerprint density at radius 1 is 1.09 bits per heavy atom. The van der Waals surface area contributed by atoms with Crippen molar-refractivity contribution in [3.8, 4) is 0 Å². The Morgan fingerprint density at radius 2 is 1.77 bits per heavy atom. The molecule has 2 amide bonds. The number of amides is 2. The number of likely N-dealkylation sites (tertiary alicyclic amines) is 3. The fourth-order valence-corrected chi connectivity index (χ4v) is 7.10. The van der Waals surface area contributed by atoms with Crippen LogP contribution < -0.4 is 0 Å². The molecule has 6 fully saturated rings. The number of carbonyl (C=O) groups excluding carboxylic acids is 1. The van der Waals surface area contributed by atoms with Crippen LogP contribution in [0.15, 0.2) is 10.9 Å². The maximum absolute atomic E-state index is 13.0. The van der Waals surface area contributed by atoms with Gasteiger partial charge >= 0.3 is 6.03 Å². The molecular weight excluding hydrogens is 446 g/mol. The SMILES string of the molecule is Cc1onc(C2CC2)c1CN1CC2(C1)CN(C(=O)N1CC3(CC(n4cnc(C5(O)CC5)n4)C3)C1)C2. The van der Waals surface area contributed by atoms with Crippen molar-refractivity contribution < 1.29 is 14.4 Å². The monoisotopic (exact) mass is 479 g/mol. The van der Waals surface area contributed by atoms with Gasteiger partial charge in [-0.05, 0) is 45.4 Å². The van der Waals surface area contributed by atoms with E-state index in [0.717, 1.165) is 77.3 Å². The largest absolute Gasteiger partial charge is 0.382 e. The van der Waals surface area contributed by atoms with Crippen LogP contribution in [0.1, 0.15) is 73.3 Å². The molecule has 3 aliphatic carbocycles. The molecule has 3 saturated carbocycles. The molecule has 6 aliphatic rings. The second kappa shape index (κ2) is 6.64. The highest BCUT2D eigenvalue weighted by atomic mass is 16.5. The number of rotatable bonds is 5. The smallest absolute Gasteiger partial charge is 0.320 e. The zero-order valence-electron chi connectivity index (χ0n) is 20.3. The van der Waals surface area contributed by atoms with E-state index < -0.39 is 5.60 Å². The van der Waals surface area contributed by atoms with Crippen molar-refractivity contribution in [1.29, 1.82) is 0 Å². The molecule has 2 aromatic rings. The summed E-state index contributed by atoms with van der Waals surface area (Å²) in [7, 11) is 0. The standard InChI is InChI=1S/C25H33N7O3/c1-16-19(20(28-35-16)17-2-3-17)8-29-9-24(10-29)13-31(14-24)22(33)30-11-23(12-30)6-18(7-23)32-15-26-21(27-32)25(34)4-5-25/h15,17-18,34H,2-14H2,1H3. The predicted octanol–water partition coefficient (Wildman–Crippen LogP) is 2.01. The molecule has 186 valence electrons. The van der Waals surface area contributed by atoms with Crippen molar-refractivity contribution in [3.63, 3.8) is 0 Å². The summed E-state index contributed by atoms with van der Waals surface area (Å²) in [6, 6.07) is 0.562. The van der Waals surface area contributed by atoms with E-state index in [9.17, 15) is 9.90 Å². The number of urea groups is 1. The van der Waals surface area contributed by atoms with Crippen LogP contribution in [-0.4, -0.2) is 85.0 Å². The molecule has 35 heavy (non-hydrogen) atoms. The van der Waals surface area contributed by atoms with Crippen LogP contribution in [0.3, 0.4) is 0 Å². The molecule has 0 aromatic carbocycles. The Balaban J connectivity index is 0.798. The van der Waals surface area contributed by atoms with Gasteiger partial charge in [0, 0.05) is 68.1 Å². The second-order valence-corrected chi connectivity index (χ2v) is 12.7. The number of aryl methyl sites for hydroxylation is 1. The maximum Gasteiger partial charge on any atom is 0.320 e. The third kappa shape index (κ3) is 3.15. The number of nitrogens with zero attached hydrogens (tertiary/aromatic N) is 7. The first-order valence-corrected chi connectivity index (χ1v) is 13.2. The normalized spacial score (nSPS) is 27.9. The van der Waals surface area contributed by atoms with Crippen LogP contribution >= 0.6 is 0 Å². The summed E-state index contributed by atoms with van der Waals surface area (Å²) in [5, 5.41) is 19.0. The van der Waals surface area contributed by atoms with Gasteiger partial charge in [-0.15, -0.1) is 0 Å². The minimum atomic E-state index is -0.770. The van der Waals surface area contributed by atoms with E-state index in [-0.39, 0.29) is 11.4 Å². The summed E-state index contributed by atoms with van der Waals surface area (Å²) in [4.78, 5) is 23.9.